The number of amides is 1. The van der Waals surface area contributed by atoms with Gasteiger partial charge in [0.15, 0.2) is 5.13 Å². The van der Waals surface area contributed by atoms with Gasteiger partial charge in [0.05, 0.1) is 17.5 Å². The van der Waals surface area contributed by atoms with E-state index in [1.165, 1.54) is 6.07 Å². The number of hydrogen-bond donors (Lipinski definition) is 0. The standard InChI is InChI=1S/C15H20FNO3S2/c16-14-5-4-13(21-14)12-3-1-2-8-17(12)15(18)11-6-9-22(19,20)10-7-11/h4-5,11-12H,1-3,6-10H2. The smallest absolute Gasteiger partial charge is 0.226 e. The summed E-state index contributed by atoms with van der Waals surface area (Å²) in [7, 11) is -2.96. The van der Waals surface area contributed by atoms with Crippen LogP contribution in [-0.2, 0) is 14.6 Å². The second-order valence-electron chi connectivity index (χ2n) is 6.11. The molecule has 0 aliphatic carbocycles. The highest BCUT2D eigenvalue weighted by Gasteiger charge is 2.36. The van der Waals surface area contributed by atoms with E-state index < -0.39 is 9.84 Å². The molecule has 7 heteroatoms. The van der Waals surface area contributed by atoms with Crippen LogP contribution in [0.1, 0.15) is 43.0 Å². The Kier molecular flexibility index (Phi) is 4.54. The summed E-state index contributed by atoms with van der Waals surface area (Å²) >= 11 is 1.11. The van der Waals surface area contributed by atoms with E-state index >= 15 is 0 Å². The average Bonchev–Trinajstić information content (AvgIpc) is 2.93. The normalized spacial score (nSPS) is 26.0. The van der Waals surface area contributed by atoms with E-state index in [1.807, 2.05) is 4.90 Å². The van der Waals surface area contributed by atoms with E-state index in [0.717, 1.165) is 35.5 Å². The zero-order valence-corrected chi connectivity index (χ0v) is 14.0. The highest BCUT2D eigenvalue weighted by molar-refractivity contribution is 7.91. The first-order valence-corrected chi connectivity index (χ1v) is 10.4. The molecule has 3 rings (SSSR count). The molecule has 0 N–H and O–H groups in total. The van der Waals surface area contributed by atoms with Gasteiger partial charge in [0, 0.05) is 17.3 Å². The lowest BCUT2D eigenvalue weighted by molar-refractivity contribution is -0.139. The molecule has 22 heavy (non-hydrogen) atoms. The lowest BCUT2D eigenvalue weighted by atomic mass is 9.95. The van der Waals surface area contributed by atoms with Crippen molar-refractivity contribution in [1.82, 2.24) is 4.90 Å². The number of sulfone groups is 1. The number of rotatable bonds is 2. The fourth-order valence-electron chi connectivity index (χ4n) is 3.37. The molecule has 0 radical (unpaired) electrons. The number of hydrogen-bond acceptors (Lipinski definition) is 4. The SMILES string of the molecule is O=C(C1CCS(=O)(=O)CC1)N1CCCCC1c1ccc(F)s1. The molecule has 0 saturated carbocycles. The number of carbonyl (C=O) groups is 1. The Balaban J connectivity index is 1.74. The molecule has 1 atom stereocenters. The van der Waals surface area contributed by atoms with Gasteiger partial charge in [-0.2, -0.15) is 4.39 Å². The Hall–Kier alpha value is -0.950. The predicted octanol–water partition coefficient (Wildman–Crippen LogP) is 2.77. The summed E-state index contributed by atoms with van der Waals surface area (Å²) < 4.78 is 36.3. The summed E-state index contributed by atoms with van der Waals surface area (Å²) in [4.78, 5) is 15.6. The van der Waals surface area contributed by atoms with Crippen molar-refractivity contribution < 1.29 is 17.6 Å². The topological polar surface area (TPSA) is 54.5 Å². The Bertz CT molecular complexity index is 641. The van der Waals surface area contributed by atoms with Gasteiger partial charge in [-0.1, -0.05) is 0 Å². The molecule has 0 aromatic carbocycles. The van der Waals surface area contributed by atoms with Crippen molar-refractivity contribution in [2.75, 3.05) is 18.1 Å². The molecule has 2 saturated heterocycles. The van der Waals surface area contributed by atoms with Crippen molar-refractivity contribution in [3.05, 3.63) is 22.1 Å². The van der Waals surface area contributed by atoms with Crippen LogP contribution in [0.3, 0.4) is 0 Å². The Morgan fingerprint density at radius 1 is 1.18 bits per heavy atom. The maximum atomic E-state index is 13.3. The Labute approximate surface area is 134 Å². The minimum absolute atomic E-state index is 0.0470. The quantitative estimate of drug-likeness (QED) is 0.828. The number of halogens is 1. The summed E-state index contributed by atoms with van der Waals surface area (Å²) in [5.74, 6) is 0.0628. The first-order valence-electron chi connectivity index (χ1n) is 7.72. The van der Waals surface area contributed by atoms with E-state index in [0.29, 0.717) is 19.4 Å². The monoisotopic (exact) mass is 345 g/mol. The largest absolute Gasteiger partial charge is 0.335 e. The van der Waals surface area contributed by atoms with Crippen molar-refractivity contribution in [2.45, 2.75) is 38.1 Å². The zero-order valence-electron chi connectivity index (χ0n) is 12.3. The van der Waals surface area contributed by atoms with Crippen LogP contribution in [0, 0.1) is 11.0 Å². The van der Waals surface area contributed by atoms with Crippen LogP contribution in [0.15, 0.2) is 12.1 Å². The molecule has 1 aromatic rings. The second kappa shape index (κ2) is 6.28. The molecular formula is C15H20FNO3S2. The van der Waals surface area contributed by atoms with Crippen molar-refractivity contribution >= 4 is 27.1 Å². The van der Waals surface area contributed by atoms with E-state index in [2.05, 4.69) is 0 Å². The summed E-state index contributed by atoms with van der Waals surface area (Å²) in [5.41, 5.74) is 0. The molecule has 2 aliphatic heterocycles. The number of thiophene rings is 1. The van der Waals surface area contributed by atoms with Crippen molar-refractivity contribution in [1.29, 1.82) is 0 Å². The van der Waals surface area contributed by atoms with Crippen molar-refractivity contribution in [3.63, 3.8) is 0 Å². The summed E-state index contributed by atoms with van der Waals surface area (Å²) in [6, 6.07) is 3.17. The molecule has 0 bridgehead atoms. The number of piperidine rings is 1. The molecule has 1 aromatic heterocycles. The van der Waals surface area contributed by atoms with Crippen LogP contribution in [0.5, 0.6) is 0 Å². The van der Waals surface area contributed by atoms with E-state index in [9.17, 15) is 17.6 Å². The van der Waals surface area contributed by atoms with Crippen LogP contribution in [0.4, 0.5) is 4.39 Å². The molecule has 2 fully saturated rings. The zero-order chi connectivity index (χ0) is 15.7. The van der Waals surface area contributed by atoms with Gasteiger partial charge in [-0.15, -0.1) is 11.3 Å². The maximum Gasteiger partial charge on any atom is 0.226 e. The van der Waals surface area contributed by atoms with Gasteiger partial charge in [-0.25, -0.2) is 8.42 Å². The summed E-state index contributed by atoms with van der Waals surface area (Å²) in [6.45, 7) is 0.687. The number of likely N-dealkylation sites (tertiary alicyclic amines) is 1. The van der Waals surface area contributed by atoms with Crippen LogP contribution in [0.25, 0.3) is 0 Å². The van der Waals surface area contributed by atoms with Crippen LogP contribution >= 0.6 is 11.3 Å². The number of nitrogens with zero attached hydrogens (tertiary/aromatic N) is 1. The average molecular weight is 345 g/mol. The molecule has 1 amide bonds. The van der Waals surface area contributed by atoms with Gasteiger partial charge in [0.25, 0.3) is 0 Å². The molecule has 3 heterocycles. The summed E-state index contributed by atoms with van der Waals surface area (Å²) in [6.07, 6.45) is 3.69. The predicted molar refractivity (Wildman–Crippen MR) is 84.0 cm³/mol. The fourth-order valence-corrected chi connectivity index (χ4v) is 5.74. The van der Waals surface area contributed by atoms with Gasteiger partial charge in [-0.05, 0) is 44.2 Å². The molecule has 1 unspecified atom stereocenters. The Morgan fingerprint density at radius 3 is 2.55 bits per heavy atom. The van der Waals surface area contributed by atoms with Gasteiger partial charge >= 0.3 is 0 Å². The minimum atomic E-state index is -2.96. The second-order valence-corrected chi connectivity index (χ2v) is 9.48. The van der Waals surface area contributed by atoms with Gasteiger partial charge in [0.2, 0.25) is 5.91 Å². The lowest BCUT2D eigenvalue weighted by Crippen LogP contribution is -2.43. The van der Waals surface area contributed by atoms with Crippen LogP contribution in [-0.4, -0.2) is 37.3 Å². The fraction of sp³-hybridized carbons (Fsp3) is 0.667. The molecular weight excluding hydrogens is 325 g/mol. The van der Waals surface area contributed by atoms with E-state index in [4.69, 9.17) is 0 Å². The van der Waals surface area contributed by atoms with Gasteiger partial charge in [0.1, 0.15) is 9.84 Å². The first-order chi connectivity index (χ1) is 10.5. The van der Waals surface area contributed by atoms with Gasteiger partial charge in [-0.3, -0.25) is 4.79 Å². The van der Waals surface area contributed by atoms with Crippen LogP contribution in [0.2, 0.25) is 0 Å². The highest BCUT2D eigenvalue weighted by Crippen LogP contribution is 2.36. The first kappa shape index (κ1) is 15.9. The third kappa shape index (κ3) is 3.35. The van der Waals surface area contributed by atoms with Crippen molar-refractivity contribution in [3.8, 4) is 0 Å². The molecule has 122 valence electrons. The highest BCUT2D eigenvalue weighted by atomic mass is 32.2. The maximum absolute atomic E-state index is 13.3. The minimum Gasteiger partial charge on any atom is -0.335 e. The van der Waals surface area contributed by atoms with Gasteiger partial charge < -0.3 is 4.90 Å². The number of carbonyl (C=O) groups excluding carboxylic acids is 1. The molecule has 2 aliphatic rings. The van der Waals surface area contributed by atoms with E-state index in [1.54, 1.807) is 6.07 Å². The summed E-state index contributed by atoms with van der Waals surface area (Å²) in [5, 5.41) is -0.225. The Morgan fingerprint density at radius 2 is 1.91 bits per heavy atom. The third-order valence-corrected chi connectivity index (χ3v) is 7.30. The van der Waals surface area contributed by atoms with Crippen molar-refractivity contribution in [2.24, 2.45) is 5.92 Å². The third-order valence-electron chi connectivity index (χ3n) is 4.61. The van der Waals surface area contributed by atoms with Crippen LogP contribution < -0.4 is 0 Å². The lowest BCUT2D eigenvalue weighted by Gasteiger charge is -2.38. The molecule has 0 spiro atoms. The van der Waals surface area contributed by atoms with E-state index in [-0.39, 0.29) is 34.5 Å². The molecule has 4 nitrogen and oxygen atoms in total.